The van der Waals surface area contributed by atoms with Gasteiger partial charge in [-0.1, -0.05) is 19.4 Å². The molecule has 4 rings (SSSR count). The Labute approximate surface area is 219 Å². The third kappa shape index (κ3) is 5.52. The smallest absolute Gasteiger partial charge is 0.416 e. The van der Waals surface area contributed by atoms with Crippen LogP contribution in [-0.4, -0.2) is 33.8 Å². The summed E-state index contributed by atoms with van der Waals surface area (Å²) >= 11 is 0. The number of methoxy groups -OCH3 is 1. The minimum absolute atomic E-state index is 0.00776. The van der Waals surface area contributed by atoms with E-state index in [1.807, 2.05) is 11.8 Å². The Morgan fingerprint density at radius 2 is 1.76 bits per heavy atom. The topological polar surface area (TPSA) is 88.1 Å². The van der Waals surface area contributed by atoms with Crippen LogP contribution in [0.1, 0.15) is 46.8 Å². The van der Waals surface area contributed by atoms with Crippen LogP contribution in [-0.2, 0) is 16.2 Å². The lowest BCUT2D eigenvalue weighted by molar-refractivity contribution is -0.138. The predicted octanol–water partition coefficient (Wildman–Crippen LogP) is 6.03. The van der Waals surface area contributed by atoms with Crippen molar-refractivity contribution in [3.63, 3.8) is 0 Å². The van der Waals surface area contributed by atoms with Crippen molar-refractivity contribution in [2.75, 3.05) is 23.9 Å². The lowest BCUT2D eigenvalue weighted by atomic mass is 10.0. The highest BCUT2D eigenvalue weighted by atomic mass is 32.2. The summed E-state index contributed by atoms with van der Waals surface area (Å²) < 4.78 is 75.6. The highest BCUT2D eigenvalue weighted by molar-refractivity contribution is 7.90. The van der Waals surface area contributed by atoms with Crippen molar-refractivity contribution < 1.29 is 31.1 Å². The monoisotopic (exact) mass is 545 g/mol. The number of carbonyl (C=O) groups is 1. The first-order chi connectivity index (χ1) is 17.9. The second-order valence-corrected chi connectivity index (χ2v) is 10.4. The van der Waals surface area contributed by atoms with E-state index in [0.717, 1.165) is 18.9 Å². The van der Waals surface area contributed by atoms with E-state index in [0.29, 0.717) is 23.5 Å². The number of hydrogen-bond acceptors (Lipinski definition) is 5. The van der Waals surface area contributed by atoms with Crippen molar-refractivity contribution in [3.05, 3.63) is 82.9 Å². The average molecular weight is 546 g/mol. The van der Waals surface area contributed by atoms with Crippen molar-refractivity contribution in [1.29, 1.82) is 0 Å². The number of carbonyl (C=O) groups excluding carboxylic acids is 1. The molecule has 200 valence electrons. The normalized spacial score (nSPS) is 14.5. The molecular weight excluding hydrogens is 519 g/mol. The largest absolute Gasteiger partial charge is 0.497 e. The summed E-state index contributed by atoms with van der Waals surface area (Å²) in [5.41, 5.74) is -0.0186. The molecule has 7 nitrogen and oxygen atoms in total. The molecule has 0 bridgehead atoms. The van der Waals surface area contributed by atoms with Gasteiger partial charge in [0.1, 0.15) is 10.6 Å². The number of sulfonamides is 1. The molecule has 1 heterocycles. The second-order valence-electron chi connectivity index (χ2n) is 8.79. The van der Waals surface area contributed by atoms with Gasteiger partial charge in [-0.25, -0.2) is 0 Å². The number of hydrogen-bond donors (Lipinski definition) is 1. The van der Waals surface area contributed by atoms with Crippen LogP contribution in [0.2, 0.25) is 0 Å². The summed E-state index contributed by atoms with van der Waals surface area (Å²) in [5, 5.41) is 2.51. The molecule has 1 N–H and O–H groups in total. The molecule has 0 unspecified atom stereocenters. The number of benzene rings is 3. The maximum Gasteiger partial charge on any atom is 0.416 e. The van der Waals surface area contributed by atoms with Gasteiger partial charge in [-0.2, -0.15) is 21.6 Å². The van der Waals surface area contributed by atoms with E-state index in [9.17, 15) is 26.4 Å². The number of halogens is 3. The predicted molar refractivity (Wildman–Crippen MR) is 140 cm³/mol. The quantitative estimate of drug-likeness (QED) is 0.392. The van der Waals surface area contributed by atoms with Crippen LogP contribution in [0.25, 0.3) is 0 Å². The van der Waals surface area contributed by atoms with Crippen LogP contribution in [0.15, 0.2) is 70.0 Å². The summed E-state index contributed by atoms with van der Waals surface area (Å²) in [7, 11) is -2.62. The molecule has 11 heteroatoms. The molecule has 0 saturated heterocycles. The third-order valence-electron chi connectivity index (χ3n) is 6.14. The van der Waals surface area contributed by atoms with Crippen LogP contribution < -0.4 is 15.0 Å². The highest BCUT2D eigenvalue weighted by Gasteiger charge is 2.34. The maximum atomic E-state index is 13.3. The second kappa shape index (κ2) is 10.5. The molecule has 3 aromatic rings. The van der Waals surface area contributed by atoms with Crippen LogP contribution >= 0.6 is 0 Å². The van der Waals surface area contributed by atoms with Gasteiger partial charge in [-0.15, -0.1) is 4.40 Å². The summed E-state index contributed by atoms with van der Waals surface area (Å²) in [6.07, 6.45) is -2.98. The zero-order valence-corrected chi connectivity index (χ0v) is 21.8. The minimum atomic E-state index is -4.61. The van der Waals surface area contributed by atoms with E-state index >= 15 is 0 Å². The molecule has 0 atom stereocenters. The van der Waals surface area contributed by atoms with Crippen molar-refractivity contribution in [2.24, 2.45) is 4.40 Å². The van der Waals surface area contributed by atoms with Crippen molar-refractivity contribution in [1.82, 2.24) is 0 Å². The van der Waals surface area contributed by atoms with E-state index in [2.05, 4.69) is 9.71 Å². The van der Waals surface area contributed by atoms with Crippen LogP contribution in [0.4, 0.5) is 24.5 Å². The van der Waals surface area contributed by atoms with Crippen molar-refractivity contribution in [2.45, 2.75) is 37.8 Å². The highest BCUT2D eigenvalue weighted by Crippen LogP contribution is 2.36. The first kappa shape index (κ1) is 27.2. The van der Waals surface area contributed by atoms with Gasteiger partial charge in [-0.3, -0.25) is 4.79 Å². The molecule has 1 aliphatic heterocycles. The Kier molecular flexibility index (Phi) is 7.50. The Hall–Kier alpha value is -3.86. The summed E-state index contributed by atoms with van der Waals surface area (Å²) in [6.45, 7) is 3.82. The number of ether oxygens (including phenoxy) is 1. The molecule has 1 amide bonds. The fraction of sp³-hybridized carbons (Fsp3) is 0.259. The number of nitrogens with one attached hydrogen (secondary N) is 1. The Balaban J connectivity index is 1.70. The summed E-state index contributed by atoms with van der Waals surface area (Å²) in [6, 6.07) is 14.5. The van der Waals surface area contributed by atoms with Crippen LogP contribution in [0.5, 0.6) is 5.75 Å². The number of amides is 1. The number of fused-ring (bicyclic) bond motifs is 1. The lowest BCUT2D eigenvalue weighted by Gasteiger charge is -2.31. The van der Waals surface area contributed by atoms with E-state index in [-0.39, 0.29) is 27.5 Å². The van der Waals surface area contributed by atoms with Gasteiger partial charge in [0.05, 0.1) is 18.4 Å². The van der Waals surface area contributed by atoms with Gasteiger partial charge in [0, 0.05) is 23.4 Å². The Morgan fingerprint density at radius 1 is 1.05 bits per heavy atom. The number of rotatable bonds is 7. The van der Waals surface area contributed by atoms with Gasteiger partial charge in [0.25, 0.3) is 15.9 Å². The number of amidine groups is 1. The summed E-state index contributed by atoms with van der Waals surface area (Å²) in [5.74, 6) is 0.0866. The fourth-order valence-corrected chi connectivity index (χ4v) is 5.36. The van der Waals surface area contributed by atoms with Gasteiger partial charge in [0.15, 0.2) is 5.84 Å². The number of alkyl halides is 3. The van der Waals surface area contributed by atoms with Gasteiger partial charge >= 0.3 is 6.18 Å². The van der Waals surface area contributed by atoms with Crippen LogP contribution in [0, 0.1) is 6.92 Å². The molecular formula is C27H26F3N3O4S. The van der Waals surface area contributed by atoms with E-state index in [1.54, 1.807) is 30.3 Å². The summed E-state index contributed by atoms with van der Waals surface area (Å²) in [4.78, 5) is 14.5. The SMILES string of the molecule is CCCCN1C(c2ccc(OC)cc2)=NS(=O)(=O)c2cc(NC(=O)c3ccc(C)c(C(F)(F)F)c3)ccc21. The average Bonchev–Trinajstić information content (AvgIpc) is 2.87. The first-order valence-electron chi connectivity index (χ1n) is 11.8. The van der Waals surface area contributed by atoms with Crippen molar-refractivity contribution in [3.8, 4) is 5.75 Å². The minimum Gasteiger partial charge on any atom is -0.497 e. The number of unbranched alkanes of at least 4 members (excludes halogenated alkanes) is 1. The van der Waals surface area contributed by atoms with Gasteiger partial charge in [0.2, 0.25) is 0 Å². The molecule has 0 aliphatic carbocycles. The third-order valence-corrected chi connectivity index (χ3v) is 7.43. The maximum absolute atomic E-state index is 13.3. The van der Waals surface area contributed by atoms with E-state index in [4.69, 9.17) is 4.74 Å². The van der Waals surface area contributed by atoms with E-state index in [1.165, 1.54) is 38.3 Å². The number of aryl methyl sites for hydroxylation is 1. The Morgan fingerprint density at radius 3 is 2.39 bits per heavy atom. The molecule has 1 aliphatic rings. The lowest BCUT2D eigenvalue weighted by Crippen LogP contribution is -2.37. The Bertz CT molecular complexity index is 1500. The zero-order valence-electron chi connectivity index (χ0n) is 21.0. The van der Waals surface area contributed by atoms with Gasteiger partial charge < -0.3 is 15.0 Å². The molecule has 0 aromatic heterocycles. The molecule has 0 spiro atoms. The number of nitrogens with zero attached hydrogens (tertiary/aromatic N) is 2. The zero-order chi connectivity index (χ0) is 27.7. The molecule has 38 heavy (non-hydrogen) atoms. The van der Waals surface area contributed by atoms with Gasteiger partial charge in [-0.05, 0) is 73.5 Å². The fourth-order valence-electron chi connectivity index (χ4n) is 4.11. The molecule has 3 aromatic carbocycles. The molecule has 0 fully saturated rings. The molecule has 0 radical (unpaired) electrons. The number of anilines is 2. The van der Waals surface area contributed by atoms with Crippen molar-refractivity contribution >= 4 is 33.1 Å². The van der Waals surface area contributed by atoms with Crippen LogP contribution in [0.3, 0.4) is 0 Å². The first-order valence-corrected chi connectivity index (χ1v) is 13.3. The molecule has 0 saturated carbocycles. The standard InChI is InChI=1S/C27H26F3N3O4S/c1-4-5-14-33-23-13-10-20(31-26(34)19-7-6-17(2)22(15-19)27(28,29)30)16-24(23)38(35,36)32-25(33)18-8-11-21(37-3)12-9-18/h6-13,15-16H,4-5,14H2,1-3H3,(H,31,34). The van der Waals surface area contributed by atoms with E-state index < -0.39 is 27.7 Å².